The van der Waals surface area contributed by atoms with Gasteiger partial charge in [0.15, 0.2) is 5.82 Å². The van der Waals surface area contributed by atoms with Gasteiger partial charge in [0, 0.05) is 37.0 Å². The van der Waals surface area contributed by atoms with E-state index in [1.807, 2.05) is 0 Å². The normalized spacial score (nSPS) is 12.0. The van der Waals surface area contributed by atoms with E-state index >= 15 is 0 Å². The Morgan fingerprint density at radius 2 is 1.96 bits per heavy atom. The summed E-state index contributed by atoms with van der Waals surface area (Å²) >= 11 is 0. The average molecular weight is 352 g/mol. The predicted octanol–water partition coefficient (Wildman–Crippen LogP) is 1.94. The molecular weight excluding hydrogens is 332 g/mol. The molecule has 0 aliphatic rings. The number of nitrogen functional groups attached to an aromatic ring is 1. The third-order valence-corrected chi connectivity index (χ3v) is 4.11. The lowest BCUT2D eigenvalue weighted by Gasteiger charge is -2.16. The molecule has 2 heterocycles. The summed E-state index contributed by atoms with van der Waals surface area (Å²) < 4.78 is 1.58. The van der Waals surface area contributed by atoms with E-state index in [1.165, 1.54) is 4.90 Å². The maximum Gasteiger partial charge on any atom is 0.246 e. The Morgan fingerprint density at radius 1 is 1.23 bits per heavy atom. The summed E-state index contributed by atoms with van der Waals surface area (Å²) in [6.07, 6.45) is 3.37. The molecular formula is C18H20N6O2. The zero-order chi connectivity index (χ0) is 18.8. The topological polar surface area (TPSA) is 110 Å². The van der Waals surface area contributed by atoms with Crippen LogP contribution in [0.5, 0.6) is 5.75 Å². The lowest BCUT2D eigenvalue weighted by atomic mass is 10.1. The average Bonchev–Trinajstić information content (AvgIpc) is 3.11. The lowest BCUT2D eigenvalue weighted by molar-refractivity contribution is -0.131. The largest absolute Gasteiger partial charge is 0.507 e. The number of phenolic OH excluding ortho intramolecular Hbond substituents is 1. The number of likely N-dealkylation sites (N-methyl/N-ethyl adjacent to an activating group) is 1. The van der Waals surface area contributed by atoms with E-state index in [0.717, 1.165) is 0 Å². The predicted molar refractivity (Wildman–Crippen MR) is 98.2 cm³/mol. The quantitative estimate of drug-likeness (QED) is 0.742. The molecule has 3 rings (SSSR count). The first-order valence-electron chi connectivity index (χ1n) is 8.05. The third-order valence-electron chi connectivity index (χ3n) is 4.11. The van der Waals surface area contributed by atoms with Crippen molar-refractivity contribution < 1.29 is 9.90 Å². The van der Waals surface area contributed by atoms with Crippen molar-refractivity contribution in [3.63, 3.8) is 0 Å². The first-order chi connectivity index (χ1) is 12.4. The van der Waals surface area contributed by atoms with Gasteiger partial charge in [0.2, 0.25) is 5.91 Å². The van der Waals surface area contributed by atoms with E-state index in [2.05, 4.69) is 15.3 Å². The highest BCUT2D eigenvalue weighted by molar-refractivity contribution is 5.81. The van der Waals surface area contributed by atoms with Crippen LogP contribution in [0.3, 0.4) is 0 Å². The number of para-hydroxylation sites is 1. The Hall–Kier alpha value is -3.42. The van der Waals surface area contributed by atoms with Gasteiger partial charge in [-0.05, 0) is 25.1 Å². The fourth-order valence-electron chi connectivity index (χ4n) is 2.63. The van der Waals surface area contributed by atoms with Crippen molar-refractivity contribution in [3.8, 4) is 28.1 Å². The van der Waals surface area contributed by atoms with E-state index in [9.17, 15) is 9.90 Å². The summed E-state index contributed by atoms with van der Waals surface area (Å²) in [5.41, 5.74) is 8.39. The summed E-state index contributed by atoms with van der Waals surface area (Å²) in [6.45, 7) is 1.78. The van der Waals surface area contributed by atoms with Crippen LogP contribution in [0.1, 0.15) is 13.0 Å². The molecule has 0 unspecified atom stereocenters. The summed E-state index contributed by atoms with van der Waals surface area (Å²) in [6, 6.07) is 8.18. The second-order valence-electron chi connectivity index (χ2n) is 6.16. The van der Waals surface area contributed by atoms with Crippen molar-refractivity contribution in [3.05, 3.63) is 42.7 Å². The molecule has 1 amide bonds. The van der Waals surface area contributed by atoms with E-state index < -0.39 is 6.04 Å². The maximum atomic E-state index is 12.1. The number of carbonyl (C=O) groups is 1. The summed E-state index contributed by atoms with van der Waals surface area (Å²) in [7, 11) is 3.40. The van der Waals surface area contributed by atoms with E-state index in [-0.39, 0.29) is 17.5 Å². The molecule has 0 spiro atoms. The number of aromatic hydroxyl groups is 1. The minimum atomic E-state index is -0.438. The van der Waals surface area contributed by atoms with Crippen molar-refractivity contribution in [2.75, 3.05) is 19.8 Å². The molecule has 1 atom stereocenters. The fourth-order valence-corrected chi connectivity index (χ4v) is 2.63. The van der Waals surface area contributed by atoms with Gasteiger partial charge in [0.1, 0.15) is 11.8 Å². The zero-order valence-electron chi connectivity index (χ0n) is 14.8. The van der Waals surface area contributed by atoms with Gasteiger partial charge in [0.25, 0.3) is 0 Å². The minimum Gasteiger partial charge on any atom is -0.507 e. The SMILES string of the molecule is C[C@H](C(=O)N(C)C)n1cc(-c2cc(-c3ccccc3O)nnc2N)cn1. The van der Waals surface area contributed by atoms with Gasteiger partial charge in [-0.2, -0.15) is 5.10 Å². The summed E-state index contributed by atoms with van der Waals surface area (Å²) in [5, 5.41) is 22.4. The monoisotopic (exact) mass is 352 g/mol. The molecule has 0 saturated heterocycles. The van der Waals surface area contributed by atoms with Gasteiger partial charge < -0.3 is 15.7 Å². The van der Waals surface area contributed by atoms with Gasteiger partial charge in [-0.25, -0.2) is 0 Å². The smallest absolute Gasteiger partial charge is 0.246 e. The first-order valence-corrected chi connectivity index (χ1v) is 8.05. The maximum absolute atomic E-state index is 12.1. The van der Waals surface area contributed by atoms with Crippen LogP contribution in [-0.4, -0.2) is 50.0 Å². The van der Waals surface area contributed by atoms with Gasteiger partial charge >= 0.3 is 0 Å². The highest BCUT2D eigenvalue weighted by Gasteiger charge is 2.19. The molecule has 1 aromatic carbocycles. The molecule has 8 heteroatoms. The van der Waals surface area contributed by atoms with Gasteiger partial charge in [0.05, 0.1) is 11.9 Å². The number of nitrogens with zero attached hydrogens (tertiary/aromatic N) is 5. The summed E-state index contributed by atoms with van der Waals surface area (Å²) in [5.74, 6) is 0.295. The van der Waals surface area contributed by atoms with Crippen molar-refractivity contribution >= 4 is 11.7 Å². The second kappa shape index (κ2) is 6.83. The van der Waals surface area contributed by atoms with Crippen LogP contribution >= 0.6 is 0 Å². The molecule has 134 valence electrons. The van der Waals surface area contributed by atoms with Crippen LogP contribution in [0.15, 0.2) is 42.7 Å². The molecule has 0 bridgehead atoms. The molecule has 0 fully saturated rings. The number of amides is 1. The second-order valence-corrected chi connectivity index (χ2v) is 6.16. The molecule has 26 heavy (non-hydrogen) atoms. The molecule has 0 radical (unpaired) electrons. The molecule has 0 saturated carbocycles. The first kappa shape index (κ1) is 17.4. The molecule has 3 N–H and O–H groups in total. The highest BCUT2D eigenvalue weighted by Crippen LogP contribution is 2.32. The van der Waals surface area contributed by atoms with Gasteiger partial charge in [-0.3, -0.25) is 9.48 Å². The Kier molecular flexibility index (Phi) is 4.57. The third kappa shape index (κ3) is 3.21. The minimum absolute atomic E-state index is 0.0598. The Labute approximate surface area is 150 Å². The van der Waals surface area contributed by atoms with Crippen LogP contribution < -0.4 is 5.73 Å². The number of phenols is 1. The molecule has 0 aliphatic heterocycles. The lowest BCUT2D eigenvalue weighted by Crippen LogP contribution is -2.30. The van der Waals surface area contributed by atoms with Crippen LogP contribution in [-0.2, 0) is 4.79 Å². The van der Waals surface area contributed by atoms with Crippen molar-refractivity contribution in [2.45, 2.75) is 13.0 Å². The Balaban J connectivity index is 1.99. The van der Waals surface area contributed by atoms with Crippen molar-refractivity contribution in [1.29, 1.82) is 0 Å². The number of benzene rings is 1. The van der Waals surface area contributed by atoms with Gasteiger partial charge in [-0.15, -0.1) is 10.2 Å². The van der Waals surface area contributed by atoms with Crippen molar-refractivity contribution in [1.82, 2.24) is 24.9 Å². The van der Waals surface area contributed by atoms with Gasteiger partial charge in [-0.1, -0.05) is 12.1 Å². The highest BCUT2D eigenvalue weighted by atomic mass is 16.3. The van der Waals surface area contributed by atoms with Crippen molar-refractivity contribution in [2.24, 2.45) is 0 Å². The number of hydrogen-bond acceptors (Lipinski definition) is 6. The molecule has 2 aromatic heterocycles. The van der Waals surface area contributed by atoms with E-state index in [1.54, 1.807) is 68.4 Å². The number of carbonyl (C=O) groups excluding carboxylic acids is 1. The Morgan fingerprint density at radius 3 is 2.65 bits per heavy atom. The number of nitrogens with two attached hydrogens (primary N) is 1. The number of aromatic nitrogens is 4. The van der Waals surface area contributed by atoms with Crippen LogP contribution in [0.2, 0.25) is 0 Å². The number of anilines is 1. The molecule has 8 nitrogen and oxygen atoms in total. The van der Waals surface area contributed by atoms with E-state index in [0.29, 0.717) is 22.4 Å². The van der Waals surface area contributed by atoms with Crippen LogP contribution in [0.25, 0.3) is 22.4 Å². The Bertz CT molecular complexity index is 950. The standard InChI is InChI=1S/C18H20N6O2/c1-11(18(26)23(2)3)24-10-12(9-20-24)14-8-15(21-22-17(14)19)13-6-4-5-7-16(13)25/h4-11,25H,1-3H3,(H2,19,22)/t11-/m1/s1. The van der Waals surface area contributed by atoms with Crippen LogP contribution in [0, 0.1) is 0 Å². The number of rotatable bonds is 4. The number of hydrogen-bond donors (Lipinski definition) is 2. The van der Waals surface area contributed by atoms with Crippen LogP contribution in [0.4, 0.5) is 5.82 Å². The molecule has 3 aromatic rings. The fraction of sp³-hybridized carbons (Fsp3) is 0.222. The molecule has 0 aliphatic carbocycles. The van der Waals surface area contributed by atoms with E-state index in [4.69, 9.17) is 5.73 Å². The summed E-state index contributed by atoms with van der Waals surface area (Å²) in [4.78, 5) is 13.6. The zero-order valence-corrected chi connectivity index (χ0v) is 14.8.